The Bertz CT molecular complexity index is 206. The first-order chi connectivity index (χ1) is 4.97. The first-order valence-electron chi connectivity index (χ1n) is 3.79. The van der Waals surface area contributed by atoms with Gasteiger partial charge in [-0.25, -0.2) is 0 Å². The smallest absolute Gasteiger partial charge is 0.394 e. The van der Waals surface area contributed by atoms with Crippen molar-refractivity contribution in [1.82, 2.24) is 4.98 Å². The molecule has 1 saturated carbocycles. The third-order valence-electron chi connectivity index (χ3n) is 2.22. The van der Waals surface area contributed by atoms with Crippen LogP contribution in [0.4, 0.5) is 0 Å². The van der Waals surface area contributed by atoms with E-state index < -0.39 is 0 Å². The molecule has 1 fully saturated rings. The topological polar surface area (TPSA) is 12.9 Å². The molecule has 2 heteroatoms. The summed E-state index contributed by atoms with van der Waals surface area (Å²) in [7, 11) is 0. The molecule has 0 amide bonds. The maximum atomic E-state index is 3.96. The summed E-state index contributed by atoms with van der Waals surface area (Å²) in [6, 6.07) is 4.02. The Kier molecular flexibility index (Phi) is 5.88. The van der Waals surface area contributed by atoms with Gasteiger partial charge in [0.05, 0.1) is 0 Å². The predicted molar refractivity (Wildman–Crippen MR) is 46.1 cm³/mol. The van der Waals surface area contributed by atoms with Gasteiger partial charge in [-0.1, -0.05) is 18.8 Å². The second kappa shape index (κ2) is 5.78. The van der Waals surface area contributed by atoms with E-state index in [0.717, 1.165) is 5.92 Å². The van der Waals surface area contributed by atoms with Gasteiger partial charge in [0.15, 0.2) is 0 Å². The zero-order valence-electron chi connectivity index (χ0n) is 7.38. The molecular formula is C10H13NU. The zero-order chi connectivity index (χ0) is 6.81. The molecule has 0 aromatic carbocycles. The van der Waals surface area contributed by atoms with Gasteiger partial charge >= 0.3 is 31.1 Å². The van der Waals surface area contributed by atoms with Gasteiger partial charge in [-0.3, -0.25) is 0 Å². The van der Waals surface area contributed by atoms with Crippen LogP contribution in [0.25, 0.3) is 0 Å². The van der Waals surface area contributed by atoms with Gasteiger partial charge in [-0.15, -0.1) is 5.56 Å². The summed E-state index contributed by atoms with van der Waals surface area (Å²) in [5.74, 6) is 0.807. The Hall–Kier alpha value is 0.202. The number of aromatic nitrogens is 1. The van der Waals surface area contributed by atoms with E-state index in [1.807, 2.05) is 12.3 Å². The van der Waals surface area contributed by atoms with Gasteiger partial charge in [-0.2, -0.15) is 12.1 Å². The van der Waals surface area contributed by atoms with Crippen LogP contribution in [0.2, 0.25) is 0 Å². The second-order valence-electron chi connectivity index (χ2n) is 2.85. The number of nitrogens with zero attached hydrogens (tertiary/aromatic N) is 1. The zero-order valence-corrected chi connectivity index (χ0v) is 11.5. The fourth-order valence-corrected chi connectivity index (χ4v) is 1.31. The van der Waals surface area contributed by atoms with Crippen molar-refractivity contribution in [1.29, 1.82) is 0 Å². The minimum atomic E-state index is 0. The minimum Gasteiger partial charge on any atom is -0.394 e. The van der Waals surface area contributed by atoms with Gasteiger partial charge in [0.25, 0.3) is 0 Å². The van der Waals surface area contributed by atoms with E-state index in [-0.39, 0.29) is 38.5 Å². The Morgan fingerprint density at radius 1 is 1.42 bits per heavy atom. The summed E-state index contributed by atoms with van der Waals surface area (Å²) < 4.78 is 0. The molecule has 62 valence electrons. The molecule has 0 saturated heterocycles. The van der Waals surface area contributed by atoms with Crippen molar-refractivity contribution in [2.45, 2.75) is 25.2 Å². The Morgan fingerprint density at radius 3 is 2.58 bits per heavy atom. The van der Waals surface area contributed by atoms with Crippen LogP contribution in [0.3, 0.4) is 0 Å². The molecule has 0 N–H and O–H groups in total. The van der Waals surface area contributed by atoms with Crippen molar-refractivity contribution >= 4 is 0 Å². The Balaban J connectivity index is 0.000000605. The summed E-state index contributed by atoms with van der Waals surface area (Å²) in [6.45, 7) is 0. The molecule has 1 aliphatic rings. The molecule has 12 heavy (non-hydrogen) atoms. The minimum absolute atomic E-state index is 0. The molecule has 2 rings (SSSR count). The van der Waals surface area contributed by atoms with Gasteiger partial charge in [0.1, 0.15) is 0 Å². The maximum absolute atomic E-state index is 3.96. The van der Waals surface area contributed by atoms with E-state index in [9.17, 15) is 0 Å². The third-order valence-corrected chi connectivity index (χ3v) is 2.22. The summed E-state index contributed by atoms with van der Waals surface area (Å²) >= 11 is 0. The standard InChI is InChI=1S/C9H10N.CH3.U/c1-3-8(4-1)9-5-2-6-10-7-9;;/h2,5,7-8H,1,3-4H2;1H3;/q2*-1;+2. The second-order valence-corrected chi connectivity index (χ2v) is 2.85. The van der Waals surface area contributed by atoms with Crippen molar-refractivity contribution in [3.05, 3.63) is 37.5 Å². The number of hydrogen-bond acceptors (Lipinski definition) is 1. The van der Waals surface area contributed by atoms with E-state index in [2.05, 4.69) is 17.2 Å². The van der Waals surface area contributed by atoms with Crippen molar-refractivity contribution in [3.8, 4) is 0 Å². The molecule has 0 spiro atoms. The number of hydrogen-bond donors (Lipinski definition) is 0. The van der Waals surface area contributed by atoms with Crippen LogP contribution in [0.5, 0.6) is 0 Å². The van der Waals surface area contributed by atoms with E-state index in [4.69, 9.17) is 0 Å². The maximum Gasteiger partial charge on any atom is 2.00 e. The molecular weight excluding hydrogens is 372 g/mol. The van der Waals surface area contributed by atoms with Crippen molar-refractivity contribution in [3.63, 3.8) is 0 Å². The Labute approximate surface area is 98.4 Å². The number of rotatable bonds is 1. The van der Waals surface area contributed by atoms with E-state index in [1.54, 1.807) is 0 Å². The summed E-state index contributed by atoms with van der Waals surface area (Å²) in [5, 5.41) is 0. The molecule has 1 aromatic rings. The summed E-state index contributed by atoms with van der Waals surface area (Å²) in [5.41, 5.74) is 1.39. The van der Waals surface area contributed by atoms with Gasteiger partial charge in [0, 0.05) is 0 Å². The fraction of sp³-hybridized carbons (Fsp3) is 0.400. The van der Waals surface area contributed by atoms with Crippen molar-refractivity contribution in [2.75, 3.05) is 0 Å². The molecule has 0 radical (unpaired) electrons. The molecule has 1 aliphatic carbocycles. The molecule has 1 heterocycles. The number of pyridine rings is 1. The third kappa shape index (κ3) is 2.61. The van der Waals surface area contributed by atoms with Crippen LogP contribution in [-0.2, 0) is 0 Å². The molecule has 0 unspecified atom stereocenters. The molecule has 1 aromatic heterocycles. The largest absolute Gasteiger partial charge is 2.00 e. The van der Waals surface area contributed by atoms with Gasteiger partial charge < -0.3 is 12.4 Å². The molecule has 0 aliphatic heterocycles. The predicted octanol–water partition coefficient (Wildman–Crippen LogP) is 2.60. The van der Waals surface area contributed by atoms with Crippen LogP contribution < -0.4 is 0 Å². The average molecular weight is 385 g/mol. The molecule has 0 atom stereocenters. The SMILES string of the molecule is [CH3-].[U+2].[c-]1ccc(C2CCC2)cn1. The summed E-state index contributed by atoms with van der Waals surface area (Å²) in [4.78, 5) is 3.96. The fourth-order valence-electron chi connectivity index (χ4n) is 1.31. The van der Waals surface area contributed by atoms with Crippen LogP contribution in [0.1, 0.15) is 30.7 Å². The van der Waals surface area contributed by atoms with E-state index in [1.165, 1.54) is 24.8 Å². The van der Waals surface area contributed by atoms with Gasteiger partial charge in [0.2, 0.25) is 0 Å². The van der Waals surface area contributed by atoms with Crippen LogP contribution >= 0.6 is 0 Å². The van der Waals surface area contributed by atoms with Crippen molar-refractivity contribution < 1.29 is 31.1 Å². The monoisotopic (exact) mass is 385 g/mol. The van der Waals surface area contributed by atoms with Crippen LogP contribution in [0, 0.1) is 44.7 Å². The molecule has 1 nitrogen and oxygen atoms in total. The van der Waals surface area contributed by atoms with Crippen LogP contribution in [-0.4, -0.2) is 4.98 Å². The van der Waals surface area contributed by atoms with E-state index in [0.29, 0.717) is 0 Å². The normalized spacial score (nSPS) is 15.3. The van der Waals surface area contributed by atoms with E-state index >= 15 is 0 Å². The summed E-state index contributed by atoms with van der Waals surface area (Å²) in [6.07, 6.45) is 8.82. The van der Waals surface area contributed by atoms with Crippen LogP contribution in [0.15, 0.2) is 18.3 Å². The van der Waals surface area contributed by atoms with Crippen molar-refractivity contribution in [2.24, 2.45) is 0 Å². The average Bonchev–Trinajstić information content (AvgIpc) is 1.86. The quantitative estimate of drug-likeness (QED) is 0.678. The first-order valence-corrected chi connectivity index (χ1v) is 3.79. The molecule has 0 bridgehead atoms. The first kappa shape index (κ1) is 12.2. The Morgan fingerprint density at radius 2 is 2.17 bits per heavy atom. The van der Waals surface area contributed by atoms with Gasteiger partial charge in [-0.05, 0) is 18.8 Å².